The summed E-state index contributed by atoms with van der Waals surface area (Å²) in [7, 11) is -4.37. The minimum Gasteiger partial charge on any atom is -0.462 e. The smallest absolute Gasteiger partial charge is 0.462 e. The molecule has 298 valence electrons. The van der Waals surface area contributed by atoms with Gasteiger partial charge < -0.3 is 20.1 Å². The van der Waals surface area contributed by atoms with E-state index in [1.54, 1.807) is 0 Å². The highest BCUT2D eigenvalue weighted by molar-refractivity contribution is 7.47. The first kappa shape index (κ1) is 49.2. The Hall–Kier alpha value is -1.77. The number of ether oxygens (including phenoxy) is 2. The number of carbonyl (C=O) groups is 2. The topological polar surface area (TPSA) is 134 Å². The zero-order valence-electron chi connectivity index (χ0n) is 32.6. The zero-order valence-corrected chi connectivity index (χ0v) is 33.5. The van der Waals surface area contributed by atoms with Crippen LogP contribution in [0.2, 0.25) is 0 Å². The molecular weight excluding hydrogens is 665 g/mol. The van der Waals surface area contributed by atoms with Gasteiger partial charge in [-0.3, -0.25) is 18.6 Å². The molecule has 10 heteroatoms. The Morgan fingerprint density at radius 2 is 1.08 bits per heavy atom. The molecule has 51 heavy (non-hydrogen) atoms. The number of nitrogens with two attached hydrogens (primary N) is 1. The second kappa shape index (κ2) is 38.0. The van der Waals surface area contributed by atoms with Crippen molar-refractivity contribution in [3.63, 3.8) is 0 Å². The van der Waals surface area contributed by atoms with Crippen LogP contribution in [0.25, 0.3) is 0 Å². The van der Waals surface area contributed by atoms with Gasteiger partial charge in [0.2, 0.25) is 0 Å². The number of unbranched alkanes of at least 4 members (excludes halogenated alkanes) is 19. The van der Waals surface area contributed by atoms with Crippen molar-refractivity contribution in [2.45, 2.75) is 187 Å². The number of hydrogen-bond donors (Lipinski definition) is 2. The molecule has 3 N–H and O–H groups in total. The van der Waals surface area contributed by atoms with Gasteiger partial charge in [-0.2, -0.15) is 0 Å². The molecule has 0 rings (SSSR count). The van der Waals surface area contributed by atoms with E-state index in [1.165, 1.54) is 77.0 Å². The lowest BCUT2D eigenvalue weighted by Gasteiger charge is -2.19. The second-order valence-electron chi connectivity index (χ2n) is 13.5. The van der Waals surface area contributed by atoms with Crippen molar-refractivity contribution < 1.29 is 37.6 Å². The maximum absolute atomic E-state index is 12.6. The number of esters is 2. The van der Waals surface area contributed by atoms with Crippen LogP contribution >= 0.6 is 7.82 Å². The van der Waals surface area contributed by atoms with E-state index in [9.17, 15) is 19.0 Å². The fourth-order valence-corrected chi connectivity index (χ4v) is 6.30. The Bertz CT molecular complexity index is 939. The van der Waals surface area contributed by atoms with Crippen molar-refractivity contribution in [3.8, 4) is 0 Å². The predicted molar refractivity (Wildman–Crippen MR) is 210 cm³/mol. The fourth-order valence-electron chi connectivity index (χ4n) is 5.53. The number of allylic oxidation sites excluding steroid dienone is 6. The maximum atomic E-state index is 12.6. The Labute approximate surface area is 312 Å². The van der Waals surface area contributed by atoms with Gasteiger partial charge in [-0.05, 0) is 44.9 Å². The first-order chi connectivity index (χ1) is 24.8. The van der Waals surface area contributed by atoms with Gasteiger partial charge in [-0.15, -0.1) is 0 Å². The van der Waals surface area contributed by atoms with Crippen LogP contribution in [0.15, 0.2) is 36.5 Å². The fraction of sp³-hybridized carbons (Fsp3) is 0.805. The summed E-state index contributed by atoms with van der Waals surface area (Å²) < 4.78 is 32.7. The number of carbonyl (C=O) groups excluding carboxylic acids is 2. The number of phosphoric acid groups is 1. The lowest BCUT2D eigenvalue weighted by atomic mass is 10.0. The van der Waals surface area contributed by atoms with Crippen LogP contribution in [0.4, 0.5) is 0 Å². The summed E-state index contributed by atoms with van der Waals surface area (Å²) >= 11 is 0. The summed E-state index contributed by atoms with van der Waals surface area (Å²) in [5, 5.41) is 0. The highest BCUT2D eigenvalue weighted by Crippen LogP contribution is 2.43. The first-order valence-corrected chi connectivity index (χ1v) is 22.0. The molecule has 0 aromatic heterocycles. The zero-order chi connectivity index (χ0) is 37.5. The second-order valence-corrected chi connectivity index (χ2v) is 14.9. The molecule has 0 aliphatic carbocycles. The summed E-state index contributed by atoms with van der Waals surface area (Å²) in [4.78, 5) is 34.8. The molecule has 0 radical (unpaired) electrons. The summed E-state index contributed by atoms with van der Waals surface area (Å²) in [6, 6.07) is 0. The van der Waals surface area contributed by atoms with Crippen molar-refractivity contribution >= 4 is 19.8 Å². The molecule has 0 bridgehead atoms. The van der Waals surface area contributed by atoms with Crippen LogP contribution in [-0.4, -0.2) is 49.3 Å². The molecular formula is C41H76NO8P. The molecule has 0 fully saturated rings. The Balaban J connectivity index is 4.20. The van der Waals surface area contributed by atoms with Crippen LogP contribution in [0.1, 0.15) is 181 Å². The van der Waals surface area contributed by atoms with Gasteiger partial charge in [0.25, 0.3) is 0 Å². The van der Waals surface area contributed by atoms with Gasteiger partial charge >= 0.3 is 19.8 Å². The maximum Gasteiger partial charge on any atom is 0.472 e. The monoisotopic (exact) mass is 742 g/mol. The minimum atomic E-state index is -4.37. The quantitative estimate of drug-likeness (QED) is 0.0274. The molecule has 9 nitrogen and oxygen atoms in total. The van der Waals surface area contributed by atoms with Crippen molar-refractivity contribution in [1.29, 1.82) is 0 Å². The van der Waals surface area contributed by atoms with E-state index in [4.69, 9.17) is 24.3 Å². The Kier molecular flexibility index (Phi) is 36.7. The summed E-state index contributed by atoms with van der Waals surface area (Å²) in [5.41, 5.74) is 5.34. The van der Waals surface area contributed by atoms with E-state index in [-0.39, 0.29) is 32.6 Å². The molecule has 1 unspecified atom stereocenters. The third-order valence-electron chi connectivity index (χ3n) is 8.54. The lowest BCUT2D eigenvalue weighted by Crippen LogP contribution is -2.29. The summed E-state index contributed by atoms with van der Waals surface area (Å²) in [6.45, 7) is 3.60. The minimum absolute atomic E-state index is 0.0513. The average molecular weight is 742 g/mol. The molecule has 0 aromatic carbocycles. The van der Waals surface area contributed by atoms with Gasteiger partial charge in [0, 0.05) is 19.4 Å². The summed E-state index contributed by atoms with van der Waals surface area (Å²) in [6.07, 6.45) is 40.3. The molecule has 0 saturated carbocycles. The normalized spacial score (nSPS) is 13.7. The van der Waals surface area contributed by atoms with Crippen molar-refractivity contribution in [2.75, 3.05) is 26.4 Å². The molecule has 2 atom stereocenters. The molecule has 0 amide bonds. The SMILES string of the molecule is CCC=CCC=CCC=CCCCCCCCC(=O)OC[C@H](COP(=O)(O)OCCN)OC(=O)CCCCCCCCCCCCCCCCC. The van der Waals surface area contributed by atoms with E-state index in [0.29, 0.717) is 12.8 Å². The van der Waals surface area contributed by atoms with Gasteiger partial charge in [-0.25, -0.2) is 4.57 Å². The Morgan fingerprint density at radius 3 is 1.61 bits per heavy atom. The van der Waals surface area contributed by atoms with Crippen molar-refractivity contribution in [2.24, 2.45) is 5.73 Å². The molecule has 0 spiro atoms. The lowest BCUT2D eigenvalue weighted by molar-refractivity contribution is -0.161. The van der Waals surface area contributed by atoms with E-state index >= 15 is 0 Å². The van der Waals surface area contributed by atoms with Crippen LogP contribution in [-0.2, 0) is 32.7 Å². The Morgan fingerprint density at radius 1 is 0.608 bits per heavy atom. The molecule has 0 aliphatic heterocycles. The summed E-state index contributed by atoms with van der Waals surface area (Å²) in [5.74, 6) is -0.845. The molecule has 0 aromatic rings. The molecule has 0 saturated heterocycles. The van der Waals surface area contributed by atoms with E-state index in [2.05, 4.69) is 50.3 Å². The first-order valence-electron chi connectivity index (χ1n) is 20.5. The van der Waals surface area contributed by atoms with E-state index in [0.717, 1.165) is 64.2 Å². The van der Waals surface area contributed by atoms with Crippen molar-refractivity contribution in [1.82, 2.24) is 0 Å². The average Bonchev–Trinajstić information content (AvgIpc) is 3.11. The van der Waals surface area contributed by atoms with Gasteiger partial charge in [0.1, 0.15) is 6.61 Å². The number of rotatable bonds is 38. The number of phosphoric ester groups is 1. The van der Waals surface area contributed by atoms with Gasteiger partial charge in [0.15, 0.2) is 6.10 Å². The van der Waals surface area contributed by atoms with Crippen LogP contribution < -0.4 is 5.73 Å². The third kappa shape index (κ3) is 37.8. The van der Waals surface area contributed by atoms with Crippen molar-refractivity contribution in [3.05, 3.63) is 36.5 Å². The largest absolute Gasteiger partial charge is 0.472 e. The van der Waals surface area contributed by atoms with Crippen LogP contribution in [0, 0.1) is 0 Å². The molecule has 0 aliphatic rings. The van der Waals surface area contributed by atoms with Gasteiger partial charge in [0.05, 0.1) is 13.2 Å². The molecule has 0 heterocycles. The van der Waals surface area contributed by atoms with Crippen LogP contribution in [0.5, 0.6) is 0 Å². The number of hydrogen-bond acceptors (Lipinski definition) is 8. The highest BCUT2D eigenvalue weighted by atomic mass is 31.2. The third-order valence-corrected chi connectivity index (χ3v) is 9.52. The van der Waals surface area contributed by atoms with E-state index in [1.807, 2.05) is 0 Å². The van der Waals surface area contributed by atoms with Crippen LogP contribution in [0.3, 0.4) is 0 Å². The highest BCUT2D eigenvalue weighted by Gasteiger charge is 2.26. The van der Waals surface area contributed by atoms with E-state index < -0.39 is 32.5 Å². The predicted octanol–water partition coefficient (Wildman–Crippen LogP) is 11.4. The standard InChI is InChI=1S/C41H76NO8P/c1-3-5-7-9-11-13-15-17-19-21-23-25-27-29-31-33-40(43)47-37-39(38-49-51(45,46)48-36-35-42)50-41(44)34-32-30-28-26-24-22-20-18-16-14-12-10-8-6-4-2/h5,7,11,13,17,19,39H,3-4,6,8-10,12,14-16,18,20-38,42H2,1-2H3,(H,45,46)/t39-/m1/s1. The van der Waals surface area contributed by atoms with Gasteiger partial charge in [-0.1, -0.05) is 159 Å².